The Morgan fingerprint density at radius 3 is 2.60 bits per heavy atom. The lowest BCUT2D eigenvalue weighted by molar-refractivity contribution is -0.131. The molecule has 3 rings (SSSR count). The lowest BCUT2D eigenvalue weighted by atomic mass is 10.2. The van der Waals surface area contributed by atoms with E-state index in [0.29, 0.717) is 18.0 Å². The zero-order valence-corrected chi connectivity index (χ0v) is 9.41. The molecule has 1 heterocycles. The van der Waals surface area contributed by atoms with E-state index < -0.39 is 0 Å². The Kier molecular flexibility index (Phi) is 2.23. The molecule has 0 aromatic heterocycles. The molecule has 1 saturated heterocycles. The Hall–Kier alpha value is -0.570. The Morgan fingerprint density at radius 1 is 1.27 bits per heavy atom. The second kappa shape index (κ2) is 3.48. The van der Waals surface area contributed by atoms with Gasteiger partial charge in [0.2, 0.25) is 5.91 Å². The van der Waals surface area contributed by atoms with E-state index in [1.54, 1.807) is 0 Å². The number of amides is 1. The van der Waals surface area contributed by atoms with E-state index in [0.717, 1.165) is 18.9 Å². The monoisotopic (exact) mass is 208 g/mol. The van der Waals surface area contributed by atoms with E-state index >= 15 is 0 Å². The molecular formula is C12H20N2O. The maximum atomic E-state index is 12.1. The van der Waals surface area contributed by atoms with Crippen LogP contribution in [0.5, 0.6) is 0 Å². The molecule has 1 aliphatic heterocycles. The molecule has 0 aromatic carbocycles. The summed E-state index contributed by atoms with van der Waals surface area (Å²) in [6, 6.07) is 1.28. The van der Waals surface area contributed by atoms with Crippen LogP contribution in [0, 0.1) is 5.92 Å². The molecule has 3 heteroatoms. The fourth-order valence-electron chi connectivity index (χ4n) is 2.63. The molecular weight excluding hydrogens is 188 g/mol. The van der Waals surface area contributed by atoms with E-state index in [4.69, 9.17) is 0 Å². The third kappa shape index (κ3) is 1.89. The first-order valence-corrected chi connectivity index (χ1v) is 6.32. The molecule has 2 saturated carbocycles. The van der Waals surface area contributed by atoms with Gasteiger partial charge in [0.1, 0.15) is 0 Å². The summed E-state index contributed by atoms with van der Waals surface area (Å²) in [5.74, 6) is 1.16. The molecule has 0 radical (unpaired) electrons. The molecule has 2 aliphatic carbocycles. The van der Waals surface area contributed by atoms with Gasteiger partial charge in [-0.2, -0.15) is 0 Å². The number of carbonyl (C=O) groups excluding carboxylic acids is 1. The van der Waals surface area contributed by atoms with Crippen molar-refractivity contribution >= 4 is 5.91 Å². The van der Waals surface area contributed by atoms with Gasteiger partial charge in [-0.1, -0.05) is 0 Å². The predicted molar refractivity (Wildman–Crippen MR) is 58.5 cm³/mol. The first-order valence-electron chi connectivity index (χ1n) is 6.32. The van der Waals surface area contributed by atoms with Crippen LogP contribution >= 0.6 is 0 Å². The normalized spacial score (nSPS) is 33.5. The molecule has 84 valence electrons. The summed E-state index contributed by atoms with van der Waals surface area (Å²) < 4.78 is 0. The molecule has 1 amide bonds. The first kappa shape index (κ1) is 9.64. The Labute approximate surface area is 91.2 Å². The highest BCUT2D eigenvalue weighted by atomic mass is 16.2. The van der Waals surface area contributed by atoms with Crippen molar-refractivity contribution < 1.29 is 4.79 Å². The molecule has 0 aromatic rings. The van der Waals surface area contributed by atoms with E-state index in [-0.39, 0.29) is 6.04 Å². The van der Waals surface area contributed by atoms with Gasteiger partial charge in [0.05, 0.1) is 6.04 Å². The fourth-order valence-corrected chi connectivity index (χ4v) is 2.63. The second-order valence-corrected chi connectivity index (χ2v) is 5.39. The van der Waals surface area contributed by atoms with Crippen LogP contribution in [0.2, 0.25) is 0 Å². The first-order chi connectivity index (χ1) is 7.25. The number of carbonyl (C=O) groups is 1. The number of hydrogen-bond acceptors (Lipinski definition) is 2. The number of nitrogens with zero attached hydrogens (tertiary/aromatic N) is 1. The van der Waals surface area contributed by atoms with Crippen molar-refractivity contribution in [1.82, 2.24) is 10.2 Å². The molecule has 3 fully saturated rings. The average Bonchev–Trinajstić information content (AvgIpc) is 3.10. The van der Waals surface area contributed by atoms with Crippen LogP contribution in [-0.2, 0) is 4.79 Å². The third-order valence-electron chi connectivity index (χ3n) is 4.05. The topological polar surface area (TPSA) is 32.3 Å². The molecule has 2 atom stereocenters. The quantitative estimate of drug-likeness (QED) is 0.751. The van der Waals surface area contributed by atoms with Gasteiger partial charge in [0, 0.05) is 18.6 Å². The van der Waals surface area contributed by atoms with E-state index in [1.807, 2.05) is 0 Å². The Morgan fingerprint density at radius 2 is 2.00 bits per heavy atom. The smallest absolute Gasteiger partial charge is 0.240 e. The van der Waals surface area contributed by atoms with Crippen LogP contribution in [0.4, 0.5) is 0 Å². The van der Waals surface area contributed by atoms with Crippen LogP contribution < -0.4 is 5.32 Å². The van der Waals surface area contributed by atoms with Crippen molar-refractivity contribution in [2.75, 3.05) is 6.54 Å². The van der Waals surface area contributed by atoms with Gasteiger partial charge >= 0.3 is 0 Å². The lowest BCUT2D eigenvalue weighted by Gasteiger charge is -2.24. The summed E-state index contributed by atoms with van der Waals surface area (Å²) in [6.45, 7) is 3.19. The van der Waals surface area contributed by atoms with Crippen LogP contribution in [0.15, 0.2) is 0 Å². The fraction of sp³-hybridized carbons (Fsp3) is 0.917. The van der Waals surface area contributed by atoms with Gasteiger partial charge in [-0.3, -0.25) is 4.79 Å². The van der Waals surface area contributed by atoms with E-state index in [9.17, 15) is 4.79 Å². The summed E-state index contributed by atoms with van der Waals surface area (Å²) in [5.41, 5.74) is 0. The summed E-state index contributed by atoms with van der Waals surface area (Å²) in [4.78, 5) is 14.2. The Bertz CT molecular complexity index is 271. The van der Waals surface area contributed by atoms with Crippen molar-refractivity contribution in [3.05, 3.63) is 0 Å². The highest BCUT2D eigenvalue weighted by molar-refractivity contribution is 5.84. The number of hydrogen-bond donors (Lipinski definition) is 1. The molecule has 1 N–H and O–H groups in total. The SMILES string of the molecule is CC(C1CC1)N1CCC(NC2CC2)C1=O. The minimum absolute atomic E-state index is 0.138. The van der Waals surface area contributed by atoms with Crippen molar-refractivity contribution in [2.24, 2.45) is 5.92 Å². The molecule has 2 unspecified atom stereocenters. The maximum Gasteiger partial charge on any atom is 0.240 e. The van der Waals surface area contributed by atoms with Crippen LogP contribution in [0.1, 0.15) is 39.0 Å². The van der Waals surface area contributed by atoms with Gasteiger partial charge in [-0.25, -0.2) is 0 Å². The summed E-state index contributed by atoms with van der Waals surface area (Å²) in [5, 5.41) is 3.46. The second-order valence-electron chi connectivity index (χ2n) is 5.39. The number of rotatable bonds is 4. The van der Waals surface area contributed by atoms with Crippen LogP contribution in [0.25, 0.3) is 0 Å². The summed E-state index contributed by atoms with van der Waals surface area (Å²) in [6.07, 6.45) is 6.20. The summed E-state index contributed by atoms with van der Waals surface area (Å²) in [7, 11) is 0. The number of likely N-dealkylation sites (tertiary alicyclic amines) is 1. The van der Waals surface area contributed by atoms with Gasteiger partial charge in [-0.15, -0.1) is 0 Å². The predicted octanol–water partition coefficient (Wildman–Crippen LogP) is 1.14. The molecule has 3 aliphatic rings. The highest BCUT2D eigenvalue weighted by Gasteiger charge is 2.41. The van der Waals surface area contributed by atoms with Crippen molar-refractivity contribution in [2.45, 2.75) is 57.2 Å². The lowest BCUT2D eigenvalue weighted by Crippen LogP contribution is -2.43. The van der Waals surface area contributed by atoms with Crippen molar-refractivity contribution in [3.63, 3.8) is 0 Å². The minimum Gasteiger partial charge on any atom is -0.338 e. The molecule has 0 bridgehead atoms. The minimum atomic E-state index is 0.138. The zero-order valence-electron chi connectivity index (χ0n) is 9.41. The van der Waals surface area contributed by atoms with Gasteiger partial charge in [0.25, 0.3) is 0 Å². The zero-order chi connectivity index (χ0) is 10.4. The van der Waals surface area contributed by atoms with Gasteiger partial charge in [-0.05, 0) is 44.9 Å². The standard InChI is InChI=1S/C12H20N2O/c1-8(9-2-3-9)14-7-6-11(12(14)15)13-10-4-5-10/h8-11,13H,2-7H2,1H3. The summed E-state index contributed by atoms with van der Waals surface area (Å²) >= 11 is 0. The Balaban J connectivity index is 1.59. The van der Waals surface area contributed by atoms with Gasteiger partial charge < -0.3 is 10.2 Å². The number of nitrogens with one attached hydrogen (secondary N) is 1. The van der Waals surface area contributed by atoms with Crippen LogP contribution in [0.3, 0.4) is 0 Å². The van der Waals surface area contributed by atoms with E-state index in [1.165, 1.54) is 25.7 Å². The van der Waals surface area contributed by atoms with Crippen LogP contribution in [-0.4, -0.2) is 35.5 Å². The van der Waals surface area contributed by atoms with Crippen molar-refractivity contribution in [1.29, 1.82) is 0 Å². The van der Waals surface area contributed by atoms with E-state index in [2.05, 4.69) is 17.1 Å². The maximum absolute atomic E-state index is 12.1. The molecule has 0 spiro atoms. The highest BCUT2D eigenvalue weighted by Crippen LogP contribution is 2.36. The largest absolute Gasteiger partial charge is 0.338 e. The third-order valence-corrected chi connectivity index (χ3v) is 4.05. The average molecular weight is 208 g/mol. The molecule has 3 nitrogen and oxygen atoms in total. The molecule has 15 heavy (non-hydrogen) atoms. The van der Waals surface area contributed by atoms with Crippen molar-refractivity contribution in [3.8, 4) is 0 Å². The van der Waals surface area contributed by atoms with Gasteiger partial charge in [0.15, 0.2) is 0 Å².